The van der Waals surface area contributed by atoms with Crippen LogP contribution in [0.1, 0.15) is 59.1 Å². The molecule has 6 heteroatoms. The molecule has 2 amide bonds. The summed E-state index contributed by atoms with van der Waals surface area (Å²) in [4.78, 5) is 27.9. The molecule has 0 unspecified atom stereocenters. The molecule has 0 fully saturated rings. The van der Waals surface area contributed by atoms with Gasteiger partial charge in [0.1, 0.15) is 11.8 Å². The minimum Gasteiger partial charge on any atom is -0.483 e. The summed E-state index contributed by atoms with van der Waals surface area (Å²) in [7, 11) is 0. The van der Waals surface area contributed by atoms with Gasteiger partial charge in [-0.25, -0.2) is 0 Å². The molecule has 0 radical (unpaired) electrons. The van der Waals surface area contributed by atoms with Crippen LogP contribution in [0.4, 0.5) is 0 Å². The zero-order valence-corrected chi connectivity index (χ0v) is 22.2. The largest absolute Gasteiger partial charge is 0.483 e. The third-order valence-electron chi connectivity index (χ3n) is 5.42. The first-order valence-corrected chi connectivity index (χ1v) is 12.4. The summed E-state index contributed by atoms with van der Waals surface area (Å²) < 4.78 is 6.69. The molecule has 2 aromatic carbocycles. The Morgan fingerprint density at radius 2 is 1.76 bits per heavy atom. The van der Waals surface area contributed by atoms with Crippen LogP contribution in [0, 0.1) is 5.92 Å². The summed E-state index contributed by atoms with van der Waals surface area (Å²) in [6.45, 7) is 13.2. The van der Waals surface area contributed by atoms with Gasteiger partial charge in [0.15, 0.2) is 6.61 Å². The standard InChI is InChI=1S/C27H37BrN2O3/c1-7-23(26(32)29-16-19(2)3)30(17-20-11-9-8-10-12-20)25(31)18-33-24-14-13-21(15-22(24)28)27(4,5)6/h8-15,19,23H,7,16-18H2,1-6H3,(H,29,32)/t23-/m1/s1. The fraction of sp³-hybridized carbons (Fsp3) is 0.481. The smallest absolute Gasteiger partial charge is 0.261 e. The van der Waals surface area contributed by atoms with Crippen LogP contribution in [0.5, 0.6) is 5.75 Å². The van der Waals surface area contributed by atoms with Crippen LogP contribution in [-0.2, 0) is 21.5 Å². The first-order valence-electron chi connectivity index (χ1n) is 11.6. The number of rotatable bonds is 10. The molecule has 1 atom stereocenters. The molecule has 0 saturated heterocycles. The van der Waals surface area contributed by atoms with Crippen molar-refractivity contribution in [3.05, 3.63) is 64.1 Å². The lowest BCUT2D eigenvalue weighted by Gasteiger charge is -2.31. The molecule has 180 valence electrons. The van der Waals surface area contributed by atoms with E-state index in [4.69, 9.17) is 4.74 Å². The zero-order valence-electron chi connectivity index (χ0n) is 20.7. The van der Waals surface area contributed by atoms with Gasteiger partial charge in [-0.1, -0.05) is 77.9 Å². The number of carbonyl (C=O) groups is 2. The van der Waals surface area contributed by atoms with Gasteiger partial charge in [-0.3, -0.25) is 9.59 Å². The maximum absolute atomic E-state index is 13.3. The number of nitrogens with zero attached hydrogens (tertiary/aromatic N) is 1. The Morgan fingerprint density at radius 3 is 2.30 bits per heavy atom. The number of halogens is 1. The summed E-state index contributed by atoms with van der Waals surface area (Å²) in [5, 5.41) is 2.98. The van der Waals surface area contributed by atoms with Crippen molar-refractivity contribution in [2.45, 2.75) is 66.0 Å². The van der Waals surface area contributed by atoms with Gasteiger partial charge in [-0.2, -0.15) is 0 Å². The molecule has 33 heavy (non-hydrogen) atoms. The Bertz CT molecular complexity index is 923. The van der Waals surface area contributed by atoms with Crippen LogP contribution in [0.2, 0.25) is 0 Å². The molecule has 0 aromatic heterocycles. The predicted molar refractivity (Wildman–Crippen MR) is 137 cm³/mol. The van der Waals surface area contributed by atoms with Crippen molar-refractivity contribution in [1.29, 1.82) is 0 Å². The lowest BCUT2D eigenvalue weighted by molar-refractivity contribution is -0.143. The molecule has 0 spiro atoms. The topological polar surface area (TPSA) is 58.6 Å². The Morgan fingerprint density at radius 1 is 1.09 bits per heavy atom. The number of benzene rings is 2. The molecule has 0 saturated carbocycles. The van der Waals surface area contributed by atoms with Crippen molar-refractivity contribution >= 4 is 27.7 Å². The molecule has 5 nitrogen and oxygen atoms in total. The van der Waals surface area contributed by atoms with Gasteiger partial charge in [0.2, 0.25) is 5.91 Å². The highest BCUT2D eigenvalue weighted by molar-refractivity contribution is 9.10. The van der Waals surface area contributed by atoms with E-state index in [0.29, 0.717) is 31.2 Å². The maximum Gasteiger partial charge on any atom is 0.261 e. The van der Waals surface area contributed by atoms with Crippen molar-refractivity contribution < 1.29 is 14.3 Å². The third kappa shape index (κ3) is 8.18. The number of hydrogen-bond donors (Lipinski definition) is 1. The van der Waals surface area contributed by atoms with E-state index >= 15 is 0 Å². The highest BCUT2D eigenvalue weighted by atomic mass is 79.9. The number of amides is 2. The monoisotopic (exact) mass is 516 g/mol. The summed E-state index contributed by atoms with van der Waals surface area (Å²) in [5.41, 5.74) is 2.16. The second kappa shape index (κ2) is 12.2. The SMILES string of the molecule is CC[C@H](C(=O)NCC(C)C)N(Cc1ccccc1)C(=O)COc1ccc(C(C)(C)C)cc1Br. The normalized spacial score (nSPS) is 12.4. The van der Waals surface area contributed by atoms with E-state index in [-0.39, 0.29) is 23.8 Å². The van der Waals surface area contributed by atoms with Crippen LogP contribution < -0.4 is 10.1 Å². The lowest BCUT2D eigenvalue weighted by atomic mass is 9.87. The van der Waals surface area contributed by atoms with Crippen molar-refractivity contribution in [3.8, 4) is 5.75 Å². The van der Waals surface area contributed by atoms with E-state index in [1.807, 2.05) is 69.3 Å². The summed E-state index contributed by atoms with van der Waals surface area (Å²) in [6.07, 6.45) is 0.520. The van der Waals surface area contributed by atoms with Crippen LogP contribution in [-0.4, -0.2) is 35.9 Å². The molecule has 2 rings (SSSR count). The van der Waals surface area contributed by atoms with Crippen molar-refractivity contribution in [2.24, 2.45) is 5.92 Å². The zero-order chi connectivity index (χ0) is 24.6. The molecule has 0 bridgehead atoms. The molecule has 1 N–H and O–H groups in total. The predicted octanol–water partition coefficient (Wildman–Crippen LogP) is 5.71. The Labute approximate surface area is 207 Å². The van der Waals surface area contributed by atoms with E-state index in [9.17, 15) is 9.59 Å². The number of carbonyl (C=O) groups excluding carboxylic acids is 2. The molecule has 0 aliphatic carbocycles. The Balaban J connectivity index is 2.19. The van der Waals surface area contributed by atoms with Crippen LogP contribution in [0.25, 0.3) is 0 Å². The summed E-state index contributed by atoms with van der Waals surface area (Å²) in [5.74, 6) is 0.582. The average Bonchev–Trinajstić information content (AvgIpc) is 2.76. The molecule has 0 aliphatic rings. The van der Waals surface area contributed by atoms with Gasteiger partial charge in [0.25, 0.3) is 5.91 Å². The Kier molecular flexibility index (Phi) is 9.96. The highest BCUT2D eigenvalue weighted by Gasteiger charge is 2.29. The summed E-state index contributed by atoms with van der Waals surface area (Å²) >= 11 is 3.57. The second-order valence-corrected chi connectivity index (χ2v) is 10.6. The Hall–Kier alpha value is -2.34. The third-order valence-corrected chi connectivity index (χ3v) is 6.03. The minimum absolute atomic E-state index is 0.0149. The maximum atomic E-state index is 13.3. The second-order valence-electron chi connectivity index (χ2n) is 9.75. The molecular formula is C27H37BrN2O3. The number of hydrogen-bond acceptors (Lipinski definition) is 3. The van der Waals surface area contributed by atoms with Crippen molar-refractivity contribution in [1.82, 2.24) is 10.2 Å². The van der Waals surface area contributed by atoms with Gasteiger partial charge in [0.05, 0.1) is 4.47 Å². The van der Waals surface area contributed by atoms with Crippen molar-refractivity contribution in [2.75, 3.05) is 13.2 Å². The highest BCUT2D eigenvalue weighted by Crippen LogP contribution is 2.31. The van der Waals surface area contributed by atoms with Gasteiger partial charge >= 0.3 is 0 Å². The summed E-state index contributed by atoms with van der Waals surface area (Å²) in [6, 6.07) is 15.1. The van der Waals surface area contributed by atoms with Gasteiger partial charge in [0, 0.05) is 13.1 Å². The van der Waals surface area contributed by atoms with Gasteiger partial charge < -0.3 is 15.0 Å². The van der Waals surface area contributed by atoms with Gasteiger partial charge in [-0.05, 0) is 56.9 Å². The van der Waals surface area contributed by atoms with E-state index in [1.165, 1.54) is 5.56 Å². The number of nitrogens with one attached hydrogen (secondary N) is 1. The quantitative estimate of drug-likeness (QED) is 0.440. The average molecular weight is 518 g/mol. The molecule has 2 aromatic rings. The fourth-order valence-electron chi connectivity index (χ4n) is 3.43. The van der Waals surface area contributed by atoms with E-state index in [1.54, 1.807) is 4.90 Å². The molecule has 0 heterocycles. The van der Waals surface area contributed by atoms with Crippen LogP contribution in [0.15, 0.2) is 53.0 Å². The molecule has 0 aliphatic heterocycles. The van der Waals surface area contributed by atoms with E-state index in [0.717, 1.165) is 10.0 Å². The first-order chi connectivity index (χ1) is 15.5. The van der Waals surface area contributed by atoms with E-state index < -0.39 is 6.04 Å². The van der Waals surface area contributed by atoms with Crippen molar-refractivity contribution in [3.63, 3.8) is 0 Å². The van der Waals surface area contributed by atoms with Crippen LogP contribution in [0.3, 0.4) is 0 Å². The van der Waals surface area contributed by atoms with Gasteiger partial charge in [-0.15, -0.1) is 0 Å². The molecular weight excluding hydrogens is 480 g/mol. The number of ether oxygens (including phenoxy) is 1. The first kappa shape index (κ1) is 26.9. The van der Waals surface area contributed by atoms with E-state index in [2.05, 4.69) is 42.0 Å². The van der Waals surface area contributed by atoms with Crippen LogP contribution >= 0.6 is 15.9 Å². The minimum atomic E-state index is -0.563. The lowest BCUT2D eigenvalue weighted by Crippen LogP contribution is -2.50. The fourth-order valence-corrected chi connectivity index (χ4v) is 3.92.